The van der Waals surface area contributed by atoms with Crippen molar-refractivity contribution >= 4 is 17.8 Å². The number of hydrogen-bond acceptors (Lipinski definition) is 4. The number of nitrogens with two attached hydrogens (primary N) is 1. The van der Waals surface area contributed by atoms with Crippen LogP contribution in [-0.4, -0.2) is 30.4 Å². The van der Waals surface area contributed by atoms with Crippen molar-refractivity contribution in [2.45, 2.75) is 38.9 Å². The van der Waals surface area contributed by atoms with E-state index in [-0.39, 0.29) is 19.4 Å². The first kappa shape index (κ1) is 21.5. The standard InChI is InChI=1S/C17H21F3N2O4/c1-3-26-14(24)8-10(2)15(16(21)25)22-13(23)9-11-4-6-12(7-5-11)17(18,19)20/h4-7,10,15H,3,8-9H2,1-2H3,(H2,21,25)(H,22,23)/t10-,15-/m0/s1. The van der Waals surface area contributed by atoms with Gasteiger partial charge < -0.3 is 15.8 Å². The van der Waals surface area contributed by atoms with Crippen LogP contribution in [0.15, 0.2) is 24.3 Å². The van der Waals surface area contributed by atoms with E-state index in [1.807, 2.05) is 0 Å². The Morgan fingerprint density at radius 3 is 2.23 bits per heavy atom. The number of benzene rings is 1. The van der Waals surface area contributed by atoms with Crippen LogP contribution in [0.5, 0.6) is 0 Å². The summed E-state index contributed by atoms with van der Waals surface area (Å²) in [5.74, 6) is -2.53. The molecular weight excluding hydrogens is 353 g/mol. The molecule has 0 radical (unpaired) electrons. The van der Waals surface area contributed by atoms with E-state index in [0.717, 1.165) is 12.1 Å². The molecule has 0 heterocycles. The van der Waals surface area contributed by atoms with Crippen LogP contribution in [0.4, 0.5) is 13.2 Å². The third kappa shape index (κ3) is 6.73. The zero-order chi connectivity index (χ0) is 19.9. The maximum absolute atomic E-state index is 12.5. The number of primary amides is 1. The molecule has 0 aliphatic carbocycles. The molecule has 2 amide bonds. The summed E-state index contributed by atoms with van der Waals surface area (Å²) in [6.45, 7) is 3.39. The predicted molar refractivity (Wildman–Crippen MR) is 86.7 cm³/mol. The summed E-state index contributed by atoms with van der Waals surface area (Å²) >= 11 is 0. The largest absolute Gasteiger partial charge is 0.466 e. The van der Waals surface area contributed by atoms with Crippen molar-refractivity contribution in [3.63, 3.8) is 0 Å². The van der Waals surface area contributed by atoms with Crippen molar-refractivity contribution in [1.82, 2.24) is 5.32 Å². The van der Waals surface area contributed by atoms with Crippen molar-refractivity contribution < 1.29 is 32.3 Å². The van der Waals surface area contributed by atoms with E-state index < -0.39 is 41.5 Å². The average Bonchev–Trinajstić information content (AvgIpc) is 2.52. The monoisotopic (exact) mass is 374 g/mol. The molecule has 0 aromatic heterocycles. The molecule has 0 saturated carbocycles. The molecule has 1 rings (SSSR count). The van der Waals surface area contributed by atoms with Gasteiger partial charge in [0.25, 0.3) is 0 Å². The SMILES string of the molecule is CCOC(=O)C[C@H](C)[C@H](NC(=O)Cc1ccc(C(F)(F)F)cc1)C(N)=O. The van der Waals surface area contributed by atoms with Gasteiger partial charge in [-0.3, -0.25) is 14.4 Å². The van der Waals surface area contributed by atoms with Gasteiger partial charge in [0.05, 0.1) is 25.0 Å². The zero-order valence-electron chi connectivity index (χ0n) is 14.4. The highest BCUT2D eigenvalue weighted by molar-refractivity contribution is 5.88. The van der Waals surface area contributed by atoms with Crippen molar-refractivity contribution in [2.75, 3.05) is 6.61 Å². The topological polar surface area (TPSA) is 98.5 Å². The second kappa shape index (κ2) is 9.21. The zero-order valence-corrected chi connectivity index (χ0v) is 14.4. The van der Waals surface area contributed by atoms with Gasteiger partial charge in [0, 0.05) is 0 Å². The van der Waals surface area contributed by atoms with Gasteiger partial charge in [-0.1, -0.05) is 19.1 Å². The molecule has 2 atom stereocenters. The molecule has 0 bridgehead atoms. The molecule has 0 spiro atoms. The van der Waals surface area contributed by atoms with Crippen LogP contribution >= 0.6 is 0 Å². The first-order chi connectivity index (χ1) is 12.0. The van der Waals surface area contributed by atoms with Gasteiger partial charge >= 0.3 is 12.1 Å². The van der Waals surface area contributed by atoms with Gasteiger partial charge in [0.2, 0.25) is 11.8 Å². The Morgan fingerprint density at radius 2 is 1.77 bits per heavy atom. The first-order valence-corrected chi connectivity index (χ1v) is 7.95. The lowest BCUT2D eigenvalue weighted by Crippen LogP contribution is -2.49. The fourth-order valence-corrected chi connectivity index (χ4v) is 2.32. The molecule has 144 valence electrons. The number of amides is 2. The summed E-state index contributed by atoms with van der Waals surface area (Å²) in [5, 5.41) is 2.41. The van der Waals surface area contributed by atoms with Crippen LogP contribution in [-0.2, 0) is 31.7 Å². The average molecular weight is 374 g/mol. The number of hydrogen-bond donors (Lipinski definition) is 2. The van der Waals surface area contributed by atoms with Crippen LogP contribution in [0.25, 0.3) is 0 Å². The number of esters is 1. The maximum atomic E-state index is 12.5. The Kier molecular flexibility index (Phi) is 7.60. The fraction of sp³-hybridized carbons (Fsp3) is 0.471. The van der Waals surface area contributed by atoms with E-state index in [1.165, 1.54) is 12.1 Å². The van der Waals surface area contributed by atoms with E-state index in [4.69, 9.17) is 10.5 Å². The molecule has 26 heavy (non-hydrogen) atoms. The summed E-state index contributed by atoms with van der Waals surface area (Å²) in [7, 11) is 0. The Hall–Kier alpha value is -2.58. The molecule has 6 nitrogen and oxygen atoms in total. The Morgan fingerprint density at radius 1 is 1.19 bits per heavy atom. The highest BCUT2D eigenvalue weighted by Crippen LogP contribution is 2.29. The number of rotatable bonds is 8. The van der Waals surface area contributed by atoms with Gasteiger partial charge in [-0.05, 0) is 30.5 Å². The quantitative estimate of drug-likeness (QED) is 0.678. The normalized spacial score (nSPS) is 13.6. The van der Waals surface area contributed by atoms with E-state index in [2.05, 4.69) is 5.32 Å². The summed E-state index contributed by atoms with van der Waals surface area (Å²) in [5.41, 5.74) is 4.79. The third-order valence-corrected chi connectivity index (χ3v) is 3.63. The Balaban J connectivity index is 2.70. The first-order valence-electron chi connectivity index (χ1n) is 7.95. The van der Waals surface area contributed by atoms with Gasteiger partial charge in [-0.15, -0.1) is 0 Å². The van der Waals surface area contributed by atoms with Gasteiger partial charge in [-0.2, -0.15) is 13.2 Å². The minimum absolute atomic E-state index is 0.109. The highest BCUT2D eigenvalue weighted by Gasteiger charge is 2.30. The summed E-state index contributed by atoms with van der Waals surface area (Å²) < 4.78 is 42.4. The second-order valence-corrected chi connectivity index (χ2v) is 5.81. The molecule has 0 aliphatic heterocycles. The van der Waals surface area contributed by atoms with E-state index >= 15 is 0 Å². The Bertz CT molecular complexity index is 644. The molecule has 0 unspecified atom stereocenters. The van der Waals surface area contributed by atoms with Crippen LogP contribution in [0, 0.1) is 5.92 Å². The molecule has 1 aromatic rings. The Labute approximate surface area is 148 Å². The lowest BCUT2D eigenvalue weighted by atomic mass is 9.97. The minimum atomic E-state index is -4.46. The van der Waals surface area contributed by atoms with Crippen molar-refractivity contribution in [3.05, 3.63) is 35.4 Å². The summed E-state index contributed by atoms with van der Waals surface area (Å²) in [6.07, 6.45) is -4.80. The maximum Gasteiger partial charge on any atom is 0.416 e. The van der Waals surface area contributed by atoms with Crippen molar-refractivity contribution in [1.29, 1.82) is 0 Å². The van der Waals surface area contributed by atoms with Crippen LogP contribution in [0.2, 0.25) is 0 Å². The number of carbonyl (C=O) groups excluding carboxylic acids is 3. The summed E-state index contributed by atoms with van der Waals surface area (Å²) in [6, 6.07) is 3.02. The van der Waals surface area contributed by atoms with Crippen LogP contribution < -0.4 is 11.1 Å². The van der Waals surface area contributed by atoms with Gasteiger partial charge in [-0.25, -0.2) is 0 Å². The van der Waals surface area contributed by atoms with E-state index in [9.17, 15) is 27.6 Å². The van der Waals surface area contributed by atoms with E-state index in [0.29, 0.717) is 5.56 Å². The molecule has 1 aromatic carbocycles. The number of nitrogens with one attached hydrogen (secondary N) is 1. The third-order valence-electron chi connectivity index (χ3n) is 3.63. The van der Waals surface area contributed by atoms with Gasteiger partial charge in [0.15, 0.2) is 0 Å². The van der Waals surface area contributed by atoms with Crippen molar-refractivity contribution in [3.8, 4) is 0 Å². The smallest absolute Gasteiger partial charge is 0.416 e. The summed E-state index contributed by atoms with van der Waals surface area (Å²) in [4.78, 5) is 35.1. The predicted octanol–water partition coefficient (Wildman–Crippen LogP) is 1.81. The number of ether oxygens (including phenoxy) is 1. The van der Waals surface area contributed by atoms with Crippen LogP contribution in [0.1, 0.15) is 31.4 Å². The van der Waals surface area contributed by atoms with Crippen molar-refractivity contribution in [2.24, 2.45) is 11.7 Å². The molecule has 0 fully saturated rings. The highest BCUT2D eigenvalue weighted by atomic mass is 19.4. The molecule has 0 saturated heterocycles. The van der Waals surface area contributed by atoms with Gasteiger partial charge in [0.1, 0.15) is 6.04 Å². The number of alkyl halides is 3. The second-order valence-electron chi connectivity index (χ2n) is 5.81. The van der Waals surface area contributed by atoms with Crippen LogP contribution in [0.3, 0.4) is 0 Å². The molecular formula is C17H21F3N2O4. The lowest BCUT2D eigenvalue weighted by molar-refractivity contribution is -0.145. The number of halogens is 3. The molecule has 3 N–H and O–H groups in total. The molecule has 0 aliphatic rings. The number of carbonyl (C=O) groups is 3. The fourth-order valence-electron chi connectivity index (χ4n) is 2.32. The van der Waals surface area contributed by atoms with E-state index in [1.54, 1.807) is 13.8 Å². The molecule has 9 heteroatoms. The minimum Gasteiger partial charge on any atom is -0.466 e. The lowest BCUT2D eigenvalue weighted by Gasteiger charge is -2.21.